The smallest absolute Gasteiger partial charge is 0.321 e. The molecule has 0 aliphatic carbocycles. The van der Waals surface area contributed by atoms with Crippen molar-refractivity contribution in [2.24, 2.45) is 5.92 Å². The van der Waals surface area contributed by atoms with Gasteiger partial charge in [0.2, 0.25) is 0 Å². The van der Waals surface area contributed by atoms with Crippen LogP contribution in [-0.4, -0.2) is 44.7 Å². The van der Waals surface area contributed by atoms with E-state index in [-0.39, 0.29) is 11.9 Å². The van der Waals surface area contributed by atoms with E-state index in [9.17, 15) is 9.59 Å². The normalized spacial score (nSPS) is 19.0. The molecular formula is C22H26N4O2. The lowest BCUT2D eigenvalue weighted by Crippen LogP contribution is -2.31. The van der Waals surface area contributed by atoms with Crippen LogP contribution in [0.5, 0.6) is 0 Å². The molecule has 146 valence electrons. The second-order valence-corrected chi connectivity index (χ2v) is 7.53. The third-order valence-electron chi connectivity index (χ3n) is 5.57. The van der Waals surface area contributed by atoms with Crippen molar-refractivity contribution in [3.05, 3.63) is 59.7 Å². The number of nitrogens with one attached hydrogen (secondary N) is 2. The van der Waals surface area contributed by atoms with Gasteiger partial charge in [0.15, 0.2) is 0 Å². The van der Waals surface area contributed by atoms with Gasteiger partial charge in [-0.3, -0.25) is 9.69 Å². The molecule has 2 N–H and O–H groups in total. The van der Waals surface area contributed by atoms with Crippen molar-refractivity contribution < 1.29 is 9.59 Å². The summed E-state index contributed by atoms with van der Waals surface area (Å²) in [5.41, 5.74) is 3.92. The van der Waals surface area contributed by atoms with Crippen molar-refractivity contribution in [2.75, 3.05) is 42.5 Å². The van der Waals surface area contributed by atoms with Crippen LogP contribution in [0.4, 0.5) is 16.2 Å². The fourth-order valence-corrected chi connectivity index (χ4v) is 4.01. The number of hydrogen-bond donors (Lipinski definition) is 2. The number of aryl methyl sites for hydroxylation is 1. The van der Waals surface area contributed by atoms with Gasteiger partial charge in [0.1, 0.15) is 0 Å². The van der Waals surface area contributed by atoms with Gasteiger partial charge in [-0.1, -0.05) is 24.3 Å². The van der Waals surface area contributed by atoms with Crippen LogP contribution >= 0.6 is 0 Å². The monoisotopic (exact) mass is 378 g/mol. The highest BCUT2D eigenvalue weighted by Gasteiger charge is 2.25. The van der Waals surface area contributed by atoms with E-state index in [1.165, 1.54) is 11.3 Å². The Morgan fingerprint density at radius 1 is 1.18 bits per heavy atom. The average molecular weight is 378 g/mol. The lowest BCUT2D eigenvalue weighted by Gasteiger charge is -2.21. The van der Waals surface area contributed by atoms with Gasteiger partial charge in [0.05, 0.1) is 0 Å². The molecule has 1 atom stereocenters. The van der Waals surface area contributed by atoms with E-state index in [2.05, 4.69) is 46.7 Å². The predicted molar refractivity (Wildman–Crippen MR) is 111 cm³/mol. The van der Waals surface area contributed by atoms with E-state index in [1.807, 2.05) is 12.1 Å². The van der Waals surface area contributed by atoms with Crippen LogP contribution in [0.3, 0.4) is 0 Å². The molecule has 2 heterocycles. The largest absolute Gasteiger partial charge is 0.371 e. The van der Waals surface area contributed by atoms with Gasteiger partial charge in [-0.25, -0.2) is 4.79 Å². The number of urea groups is 1. The van der Waals surface area contributed by atoms with Crippen LogP contribution < -0.4 is 20.4 Å². The number of amides is 3. The van der Waals surface area contributed by atoms with Crippen molar-refractivity contribution in [3.8, 4) is 0 Å². The number of carbonyl (C=O) groups excluding carboxylic acids is 2. The summed E-state index contributed by atoms with van der Waals surface area (Å²) < 4.78 is 0. The van der Waals surface area contributed by atoms with Gasteiger partial charge in [-0.2, -0.15) is 0 Å². The van der Waals surface area contributed by atoms with Gasteiger partial charge in [0.25, 0.3) is 5.91 Å². The number of rotatable bonds is 5. The molecule has 2 aliphatic rings. The molecule has 4 rings (SSSR count). The predicted octanol–water partition coefficient (Wildman–Crippen LogP) is 2.78. The second-order valence-electron chi connectivity index (χ2n) is 7.53. The number of nitrogens with zero attached hydrogens (tertiary/aromatic N) is 2. The van der Waals surface area contributed by atoms with Crippen molar-refractivity contribution in [1.82, 2.24) is 10.6 Å². The van der Waals surface area contributed by atoms with Gasteiger partial charge in [-0.05, 0) is 49.1 Å². The first-order valence-electron chi connectivity index (χ1n) is 9.86. The van der Waals surface area contributed by atoms with Gasteiger partial charge in [0, 0.05) is 49.7 Å². The summed E-state index contributed by atoms with van der Waals surface area (Å²) in [7, 11) is 0. The Bertz CT molecular complexity index is 882. The molecule has 2 saturated heterocycles. The molecule has 0 bridgehead atoms. The Morgan fingerprint density at radius 3 is 2.82 bits per heavy atom. The zero-order valence-corrected chi connectivity index (χ0v) is 16.1. The minimum Gasteiger partial charge on any atom is -0.371 e. The third-order valence-corrected chi connectivity index (χ3v) is 5.57. The SMILES string of the molecule is Cc1ccccc1N1CCC(CNC(=O)c2cccc(N3CCNC3=O)c2)C1. The van der Waals surface area contributed by atoms with Gasteiger partial charge >= 0.3 is 6.03 Å². The molecule has 0 saturated carbocycles. The maximum absolute atomic E-state index is 12.6. The molecule has 1 unspecified atom stereocenters. The molecule has 0 aromatic heterocycles. The maximum atomic E-state index is 12.6. The van der Waals surface area contributed by atoms with E-state index in [1.54, 1.807) is 17.0 Å². The summed E-state index contributed by atoms with van der Waals surface area (Å²) in [5.74, 6) is 0.354. The average Bonchev–Trinajstić information content (AvgIpc) is 3.35. The molecule has 2 aromatic rings. The number of para-hydroxylation sites is 1. The van der Waals surface area contributed by atoms with E-state index < -0.39 is 0 Å². The molecule has 3 amide bonds. The zero-order valence-electron chi connectivity index (χ0n) is 16.1. The molecule has 0 radical (unpaired) electrons. The molecule has 2 fully saturated rings. The molecule has 0 spiro atoms. The van der Waals surface area contributed by atoms with Gasteiger partial charge < -0.3 is 15.5 Å². The van der Waals surface area contributed by atoms with Crippen molar-refractivity contribution >= 4 is 23.3 Å². The Kier molecular flexibility index (Phi) is 5.19. The van der Waals surface area contributed by atoms with Crippen LogP contribution in [0.25, 0.3) is 0 Å². The Morgan fingerprint density at radius 2 is 2.04 bits per heavy atom. The Labute approximate surface area is 165 Å². The van der Waals surface area contributed by atoms with Crippen LogP contribution in [0.1, 0.15) is 22.3 Å². The lowest BCUT2D eigenvalue weighted by molar-refractivity contribution is 0.0948. The summed E-state index contributed by atoms with van der Waals surface area (Å²) in [4.78, 5) is 28.5. The molecular weight excluding hydrogens is 352 g/mol. The first-order valence-corrected chi connectivity index (χ1v) is 9.86. The van der Waals surface area contributed by atoms with E-state index in [4.69, 9.17) is 0 Å². The number of benzene rings is 2. The van der Waals surface area contributed by atoms with Crippen molar-refractivity contribution in [1.29, 1.82) is 0 Å². The van der Waals surface area contributed by atoms with E-state index in [0.717, 1.165) is 25.2 Å². The van der Waals surface area contributed by atoms with Crippen LogP contribution in [0.15, 0.2) is 48.5 Å². The third kappa shape index (κ3) is 3.81. The molecule has 6 nitrogen and oxygen atoms in total. The maximum Gasteiger partial charge on any atom is 0.321 e. The van der Waals surface area contributed by atoms with Crippen LogP contribution in [-0.2, 0) is 0 Å². The van der Waals surface area contributed by atoms with E-state index >= 15 is 0 Å². The summed E-state index contributed by atoms with van der Waals surface area (Å²) in [6.07, 6.45) is 1.07. The lowest BCUT2D eigenvalue weighted by atomic mass is 10.1. The number of carbonyl (C=O) groups is 2. The minimum absolute atomic E-state index is 0.0872. The highest BCUT2D eigenvalue weighted by molar-refractivity contribution is 5.98. The molecule has 2 aliphatic heterocycles. The minimum atomic E-state index is -0.111. The topological polar surface area (TPSA) is 64.7 Å². The summed E-state index contributed by atoms with van der Waals surface area (Å²) in [6, 6.07) is 15.6. The van der Waals surface area contributed by atoms with Crippen LogP contribution in [0.2, 0.25) is 0 Å². The van der Waals surface area contributed by atoms with Crippen molar-refractivity contribution in [2.45, 2.75) is 13.3 Å². The van der Waals surface area contributed by atoms with Gasteiger partial charge in [-0.15, -0.1) is 0 Å². The first kappa shape index (κ1) is 18.3. The summed E-state index contributed by atoms with van der Waals surface area (Å²) in [6.45, 7) is 6.03. The highest BCUT2D eigenvalue weighted by Crippen LogP contribution is 2.26. The molecule has 2 aromatic carbocycles. The Hall–Kier alpha value is -3.02. The fraction of sp³-hybridized carbons (Fsp3) is 0.364. The zero-order chi connectivity index (χ0) is 19.5. The molecule has 28 heavy (non-hydrogen) atoms. The summed E-state index contributed by atoms with van der Waals surface area (Å²) >= 11 is 0. The number of anilines is 2. The van der Waals surface area contributed by atoms with Crippen LogP contribution in [0, 0.1) is 12.8 Å². The quantitative estimate of drug-likeness (QED) is 0.841. The number of hydrogen-bond acceptors (Lipinski definition) is 3. The standard InChI is InChI=1S/C22H26N4O2/c1-16-5-2-3-8-20(16)25-11-9-17(15-25)14-24-21(27)18-6-4-7-19(13-18)26-12-10-23-22(26)28/h2-8,13,17H,9-12,14-15H2,1H3,(H,23,28)(H,24,27). The second kappa shape index (κ2) is 7.92. The highest BCUT2D eigenvalue weighted by atomic mass is 16.2. The fourth-order valence-electron chi connectivity index (χ4n) is 4.01. The van der Waals surface area contributed by atoms with Crippen molar-refractivity contribution in [3.63, 3.8) is 0 Å². The molecule has 6 heteroatoms. The summed E-state index contributed by atoms with van der Waals surface area (Å²) in [5, 5.41) is 5.85. The van der Waals surface area contributed by atoms with E-state index in [0.29, 0.717) is 31.1 Å². The Balaban J connectivity index is 1.34. The first-order chi connectivity index (χ1) is 13.6.